The third-order valence-corrected chi connectivity index (χ3v) is 8.11. The fourth-order valence-electron chi connectivity index (χ4n) is 4.75. The number of aliphatic hydroxyl groups is 1. The summed E-state index contributed by atoms with van der Waals surface area (Å²) < 4.78 is 5.29. The average Bonchev–Trinajstić information content (AvgIpc) is 3.49. The number of thiazole rings is 1. The number of rotatable bonds is 28. The molecule has 0 aliphatic carbocycles. The molecule has 1 unspecified atom stereocenters. The number of nitrogens with one attached hydrogen (secondary N) is 1. The van der Waals surface area contributed by atoms with Crippen LogP contribution >= 0.6 is 11.3 Å². The highest BCUT2D eigenvalue weighted by molar-refractivity contribution is 7.11. The van der Waals surface area contributed by atoms with Crippen molar-refractivity contribution in [2.75, 3.05) is 26.2 Å². The molecule has 0 fully saturated rings. The Morgan fingerprint density at radius 1 is 0.810 bits per heavy atom. The van der Waals surface area contributed by atoms with Gasteiger partial charge in [0.05, 0.1) is 0 Å². The first-order valence-electron chi connectivity index (χ1n) is 17.5. The summed E-state index contributed by atoms with van der Waals surface area (Å²) in [5.74, 6) is 0. The predicted molar refractivity (Wildman–Crippen MR) is 183 cm³/mol. The Morgan fingerprint density at radius 2 is 1.24 bits per heavy atom. The van der Waals surface area contributed by atoms with Crippen LogP contribution in [0.3, 0.4) is 0 Å². The zero-order chi connectivity index (χ0) is 31.2. The standard InChI is InChI=1S/C25H51NO.C10H18N2O2S/c1-3-5-7-9-11-13-15-17-19-21-23-26(25-27)24-22-20-18-16-14-12-10-8-6-4-2;1-10(2,3)12-6-8(13)7-14-9-11-4-5-15-9/h25H,3-24H2,1-2H3;4-5,8,12-13H,6-7H2,1-3H3. The highest BCUT2D eigenvalue weighted by Gasteiger charge is 2.12. The van der Waals surface area contributed by atoms with E-state index in [-0.39, 0.29) is 12.1 Å². The first-order valence-corrected chi connectivity index (χ1v) is 18.3. The van der Waals surface area contributed by atoms with Crippen LogP contribution in [0.15, 0.2) is 11.6 Å². The van der Waals surface area contributed by atoms with E-state index in [1.54, 1.807) is 6.20 Å². The third-order valence-electron chi connectivity index (χ3n) is 7.42. The normalized spacial score (nSPS) is 12.0. The molecule has 1 aromatic rings. The molecule has 6 nitrogen and oxygen atoms in total. The molecule has 0 radical (unpaired) electrons. The number of carbonyl (C=O) groups is 1. The van der Waals surface area contributed by atoms with Gasteiger partial charge in [0.2, 0.25) is 6.41 Å². The number of unbranched alkanes of at least 4 members (excludes halogenated alkanes) is 18. The molecule has 0 aliphatic heterocycles. The Labute approximate surface area is 264 Å². The van der Waals surface area contributed by atoms with Crippen LogP contribution in [0.25, 0.3) is 0 Å². The Bertz CT molecular complexity index is 643. The van der Waals surface area contributed by atoms with E-state index < -0.39 is 6.10 Å². The van der Waals surface area contributed by atoms with E-state index in [1.165, 1.54) is 140 Å². The second-order valence-electron chi connectivity index (χ2n) is 12.9. The van der Waals surface area contributed by atoms with E-state index >= 15 is 0 Å². The van der Waals surface area contributed by atoms with Gasteiger partial charge in [0.15, 0.2) is 0 Å². The van der Waals surface area contributed by atoms with Crippen molar-refractivity contribution >= 4 is 17.7 Å². The predicted octanol–water partition coefficient (Wildman–Crippen LogP) is 9.56. The maximum absolute atomic E-state index is 11.2. The second-order valence-corrected chi connectivity index (χ2v) is 13.8. The van der Waals surface area contributed by atoms with Crippen LogP contribution in [0.1, 0.15) is 163 Å². The van der Waals surface area contributed by atoms with Crippen molar-refractivity contribution in [2.45, 2.75) is 175 Å². The molecule has 1 aromatic heterocycles. The van der Waals surface area contributed by atoms with Gasteiger partial charge in [-0.3, -0.25) is 4.79 Å². The zero-order valence-corrected chi connectivity index (χ0v) is 29.2. The minimum atomic E-state index is -0.506. The number of hydrogen-bond donors (Lipinski definition) is 2. The molecule has 248 valence electrons. The van der Waals surface area contributed by atoms with Gasteiger partial charge in [-0.15, -0.1) is 0 Å². The lowest BCUT2D eigenvalue weighted by Gasteiger charge is -2.22. The van der Waals surface area contributed by atoms with Gasteiger partial charge in [-0.25, -0.2) is 4.98 Å². The lowest BCUT2D eigenvalue weighted by Crippen LogP contribution is -2.42. The maximum atomic E-state index is 11.2. The fourth-order valence-corrected chi connectivity index (χ4v) is 5.25. The molecule has 0 saturated carbocycles. The van der Waals surface area contributed by atoms with Gasteiger partial charge in [-0.2, -0.15) is 0 Å². The lowest BCUT2D eigenvalue weighted by atomic mass is 10.1. The highest BCUT2D eigenvalue weighted by atomic mass is 32.1. The summed E-state index contributed by atoms with van der Waals surface area (Å²) in [5, 5.41) is 15.2. The van der Waals surface area contributed by atoms with E-state index in [0.29, 0.717) is 11.7 Å². The van der Waals surface area contributed by atoms with Crippen molar-refractivity contribution < 1.29 is 14.6 Å². The van der Waals surface area contributed by atoms with E-state index in [1.807, 2.05) is 10.3 Å². The molecule has 1 rings (SSSR count). The zero-order valence-electron chi connectivity index (χ0n) is 28.3. The molecule has 0 aliphatic rings. The molecule has 1 amide bonds. The van der Waals surface area contributed by atoms with E-state index in [4.69, 9.17) is 4.74 Å². The van der Waals surface area contributed by atoms with Crippen molar-refractivity contribution in [1.82, 2.24) is 15.2 Å². The van der Waals surface area contributed by atoms with E-state index in [9.17, 15) is 9.90 Å². The highest BCUT2D eigenvalue weighted by Crippen LogP contribution is 2.14. The van der Waals surface area contributed by atoms with Crippen LogP contribution in [-0.2, 0) is 4.79 Å². The maximum Gasteiger partial charge on any atom is 0.273 e. The SMILES string of the molecule is CC(C)(C)NCC(O)COc1nccs1.CCCCCCCCCCCCN(C=O)CCCCCCCCCCCC. The van der Waals surface area contributed by atoms with Gasteiger partial charge >= 0.3 is 0 Å². The van der Waals surface area contributed by atoms with Gasteiger partial charge in [0, 0.05) is 36.8 Å². The van der Waals surface area contributed by atoms with Crippen molar-refractivity contribution in [3.8, 4) is 5.19 Å². The minimum Gasteiger partial charge on any atom is -0.467 e. The van der Waals surface area contributed by atoms with Crippen LogP contribution in [0.2, 0.25) is 0 Å². The molecule has 1 heterocycles. The summed E-state index contributed by atoms with van der Waals surface area (Å²) in [4.78, 5) is 17.2. The molecule has 2 N–H and O–H groups in total. The smallest absolute Gasteiger partial charge is 0.273 e. The number of aromatic nitrogens is 1. The molecule has 42 heavy (non-hydrogen) atoms. The van der Waals surface area contributed by atoms with Crippen LogP contribution in [-0.4, -0.2) is 59.3 Å². The molecule has 0 bridgehead atoms. The van der Waals surface area contributed by atoms with Crippen LogP contribution in [0.5, 0.6) is 5.19 Å². The molecule has 1 atom stereocenters. The molecule has 0 aromatic carbocycles. The van der Waals surface area contributed by atoms with Crippen LogP contribution in [0, 0.1) is 0 Å². The van der Waals surface area contributed by atoms with Crippen molar-refractivity contribution in [3.05, 3.63) is 11.6 Å². The van der Waals surface area contributed by atoms with Crippen molar-refractivity contribution in [2.24, 2.45) is 0 Å². The Morgan fingerprint density at radius 3 is 1.60 bits per heavy atom. The topological polar surface area (TPSA) is 74.7 Å². The summed E-state index contributed by atoms with van der Waals surface area (Å²) in [6.07, 6.45) is 29.5. The molecular weight excluding hydrogens is 542 g/mol. The van der Waals surface area contributed by atoms with Gasteiger partial charge in [0.1, 0.15) is 12.7 Å². The first kappa shape index (κ1) is 40.8. The number of carbonyl (C=O) groups excluding carboxylic acids is 1. The molecular formula is C35H69N3O3S. The van der Waals surface area contributed by atoms with Gasteiger partial charge in [0.25, 0.3) is 5.19 Å². The van der Waals surface area contributed by atoms with Gasteiger partial charge in [-0.05, 0) is 33.6 Å². The summed E-state index contributed by atoms with van der Waals surface area (Å²) in [5.41, 5.74) is 0.0160. The summed E-state index contributed by atoms with van der Waals surface area (Å²) in [6.45, 7) is 13.5. The number of nitrogens with zero attached hydrogens (tertiary/aromatic N) is 2. The van der Waals surface area contributed by atoms with E-state index in [0.717, 1.165) is 19.5 Å². The second kappa shape index (κ2) is 29.9. The average molecular weight is 612 g/mol. The minimum absolute atomic E-state index is 0.0160. The van der Waals surface area contributed by atoms with E-state index in [2.05, 4.69) is 44.9 Å². The summed E-state index contributed by atoms with van der Waals surface area (Å²) >= 11 is 1.42. The van der Waals surface area contributed by atoms with Crippen molar-refractivity contribution in [3.63, 3.8) is 0 Å². The molecule has 0 saturated heterocycles. The number of β-amino-alcohol motifs (C(OH)–C–C–N with tert-alkyl or cyclic N) is 1. The van der Waals surface area contributed by atoms with Gasteiger partial charge in [-0.1, -0.05) is 141 Å². The number of hydrogen-bond acceptors (Lipinski definition) is 6. The summed E-state index contributed by atoms with van der Waals surface area (Å²) in [6, 6.07) is 0. The Kier molecular flexibility index (Phi) is 29.0. The lowest BCUT2D eigenvalue weighted by molar-refractivity contribution is -0.118. The van der Waals surface area contributed by atoms with Crippen LogP contribution in [0.4, 0.5) is 0 Å². The quantitative estimate of drug-likeness (QED) is 0.0729. The third kappa shape index (κ3) is 30.3. The van der Waals surface area contributed by atoms with Crippen molar-refractivity contribution in [1.29, 1.82) is 0 Å². The monoisotopic (exact) mass is 612 g/mol. The largest absolute Gasteiger partial charge is 0.467 e. The summed E-state index contributed by atoms with van der Waals surface area (Å²) in [7, 11) is 0. The number of aliphatic hydroxyl groups excluding tert-OH is 1. The molecule has 0 spiro atoms. The van der Waals surface area contributed by atoms with Crippen LogP contribution < -0.4 is 10.1 Å². The number of ether oxygens (including phenoxy) is 1. The molecule has 7 heteroatoms. The Balaban J connectivity index is 0.000000938. The first-order chi connectivity index (χ1) is 20.3. The number of amides is 1. The van der Waals surface area contributed by atoms with Gasteiger partial charge < -0.3 is 20.1 Å². The Hall–Kier alpha value is -1.18. The fraction of sp³-hybridized carbons (Fsp3) is 0.886.